The van der Waals surface area contributed by atoms with E-state index in [2.05, 4.69) is 5.32 Å². The molecule has 3 rings (SSSR count). The quantitative estimate of drug-likeness (QED) is 0.748. The molecule has 1 heterocycles. The van der Waals surface area contributed by atoms with Crippen molar-refractivity contribution in [2.45, 2.75) is 19.3 Å². The van der Waals surface area contributed by atoms with Gasteiger partial charge in [-0.25, -0.2) is 8.78 Å². The smallest absolute Gasteiger partial charge is 0.172 e. The van der Waals surface area contributed by atoms with E-state index < -0.39 is 17.0 Å². The molecule has 4 heteroatoms. The molecule has 0 saturated carbocycles. The second kappa shape index (κ2) is 3.60. The molecular weight excluding hydrogens is 224 g/mol. The van der Waals surface area contributed by atoms with Crippen LogP contribution in [0.25, 0.3) is 0 Å². The summed E-state index contributed by atoms with van der Waals surface area (Å²) in [5.41, 5.74) is -0.292. The first-order chi connectivity index (χ1) is 8.14. The number of hydrogen-bond donors (Lipinski definition) is 1. The molecular formula is C13H13F2NO. The molecule has 0 unspecified atom stereocenters. The van der Waals surface area contributed by atoms with Gasteiger partial charge in [-0.05, 0) is 44.5 Å². The van der Waals surface area contributed by atoms with Crippen molar-refractivity contribution in [2.75, 3.05) is 13.1 Å². The SMILES string of the molecule is O=C1c2c(F)ccc(F)c2CC12CCNCC2. The van der Waals surface area contributed by atoms with Gasteiger partial charge in [0, 0.05) is 11.0 Å². The molecule has 1 aliphatic carbocycles. The second-order valence-corrected chi connectivity index (χ2v) is 4.92. The zero-order valence-corrected chi connectivity index (χ0v) is 9.35. The summed E-state index contributed by atoms with van der Waals surface area (Å²) in [5.74, 6) is -1.24. The van der Waals surface area contributed by atoms with E-state index in [1.54, 1.807) is 0 Å². The third kappa shape index (κ3) is 1.43. The fraction of sp³-hybridized carbons (Fsp3) is 0.462. The second-order valence-electron chi connectivity index (χ2n) is 4.92. The topological polar surface area (TPSA) is 29.1 Å². The highest BCUT2D eigenvalue weighted by molar-refractivity contribution is 6.05. The van der Waals surface area contributed by atoms with Crippen molar-refractivity contribution in [1.29, 1.82) is 0 Å². The van der Waals surface area contributed by atoms with Gasteiger partial charge in [-0.1, -0.05) is 0 Å². The number of benzene rings is 1. The normalized spacial score (nSPS) is 21.9. The number of carbonyl (C=O) groups is 1. The van der Waals surface area contributed by atoms with Gasteiger partial charge in [0.2, 0.25) is 0 Å². The average molecular weight is 237 g/mol. The van der Waals surface area contributed by atoms with Gasteiger partial charge < -0.3 is 5.32 Å². The van der Waals surface area contributed by atoms with Crippen molar-refractivity contribution in [3.05, 3.63) is 34.9 Å². The van der Waals surface area contributed by atoms with E-state index in [9.17, 15) is 13.6 Å². The Morgan fingerprint density at radius 1 is 1.12 bits per heavy atom. The first-order valence-corrected chi connectivity index (χ1v) is 5.86. The van der Waals surface area contributed by atoms with Crippen LogP contribution in [0.15, 0.2) is 12.1 Å². The largest absolute Gasteiger partial charge is 0.317 e. The zero-order chi connectivity index (χ0) is 12.0. The monoisotopic (exact) mass is 237 g/mol. The molecule has 17 heavy (non-hydrogen) atoms. The Morgan fingerprint density at radius 3 is 2.41 bits per heavy atom. The van der Waals surface area contributed by atoms with E-state index in [1.807, 2.05) is 0 Å². The van der Waals surface area contributed by atoms with E-state index in [-0.39, 0.29) is 16.9 Å². The number of rotatable bonds is 0. The van der Waals surface area contributed by atoms with Crippen molar-refractivity contribution in [1.82, 2.24) is 5.32 Å². The third-order valence-electron chi connectivity index (χ3n) is 3.99. The average Bonchev–Trinajstić information content (AvgIpc) is 2.61. The molecule has 1 aromatic carbocycles. The predicted molar refractivity (Wildman–Crippen MR) is 58.9 cm³/mol. The van der Waals surface area contributed by atoms with Crippen LogP contribution in [-0.4, -0.2) is 18.9 Å². The van der Waals surface area contributed by atoms with E-state index in [1.165, 1.54) is 0 Å². The number of ketones is 1. The molecule has 1 spiro atoms. The van der Waals surface area contributed by atoms with Crippen LogP contribution in [0.2, 0.25) is 0 Å². The highest BCUT2D eigenvalue weighted by Gasteiger charge is 2.48. The van der Waals surface area contributed by atoms with Crippen LogP contribution in [0.4, 0.5) is 8.78 Å². The van der Waals surface area contributed by atoms with Crippen molar-refractivity contribution in [3.63, 3.8) is 0 Å². The zero-order valence-electron chi connectivity index (χ0n) is 9.35. The van der Waals surface area contributed by atoms with Crippen molar-refractivity contribution in [3.8, 4) is 0 Å². The van der Waals surface area contributed by atoms with Gasteiger partial charge in [0.05, 0.1) is 5.56 Å². The lowest BCUT2D eigenvalue weighted by Gasteiger charge is -2.31. The van der Waals surface area contributed by atoms with Crippen LogP contribution in [0.1, 0.15) is 28.8 Å². The number of nitrogens with one attached hydrogen (secondary N) is 1. The molecule has 90 valence electrons. The number of Topliss-reactive ketones (excluding diaryl/α,β-unsaturated/α-hetero) is 1. The Morgan fingerprint density at radius 2 is 1.76 bits per heavy atom. The van der Waals surface area contributed by atoms with Crippen molar-refractivity contribution in [2.24, 2.45) is 5.41 Å². The summed E-state index contributed by atoms with van der Waals surface area (Å²) in [6.45, 7) is 1.48. The van der Waals surface area contributed by atoms with Gasteiger partial charge in [-0.3, -0.25) is 4.79 Å². The van der Waals surface area contributed by atoms with Gasteiger partial charge in [-0.2, -0.15) is 0 Å². The standard InChI is InChI=1S/C13H13F2NO/c14-9-1-2-10(15)11-8(9)7-13(12(11)17)3-5-16-6-4-13/h1-2,16H,3-7H2. The lowest BCUT2D eigenvalue weighted by atomic mass is 9.75. The molecule has 0 bridgehead atoms. The Bertz CT molecular complexity index is 492. The maximum atomic E-state index is 13.7. The van der Waals surface area contributed by atoms with Crippen LogP contribution < -0.4 is 5.32 Å². The highest BCUT2D eigenvalue weighted by atomic mass is 19.1. The van der Waals surface area contributed by atoms with E-state index in [4.69, 9.17) is 0 Å². The van der Waals surface area contributed by atoms with Gasteiger partial charge in [-0.15, -0.1) is 0 Å². The molecule has 1 aromatic rings. The summed E-state index contributed by atoms with van der Waals surface area (Å²) in [7, 11) is 0. The number of fused-ring (bicyclic) bond motifs is 1. The maximum absolute atomic E-state index is 13.7. The molecule has 2 nitrogen and oxygen atoms in total. The fourth-order valence-electron chi connectivity index (χ4n) is 3.01. The van der Waals surface area contributed by atoms with Crippen LogP contribution in [0.5, 0.6) is 0 Å². The minimum absolute atomic E-state index is 0.00750. The number of piperidine rings is 1. The Balaban J connectivity index is 2.10. The summed E-state index contributed by atoms with van der Waals surface area (Å²) < 4.78 is 27.3. The van der Waals surface area contributed by atoms with Crippen LogP contribution >= 0.6 is 0 Å². The van der Waals surface area contributed by atoms with Crippen molar-refractivity contribution >= 4 is 5.78 Å². The summed E-state index contributed by atoms with van der Waals surface area (Å²) in [4.78, 5) is 12.3. The summed E-state index contributed by atoms with van der Waals surface area (Å²) in [6.07, 6.45) is 1.69. The molecule has 1 fully saturated rings. The molecule has 0 radical (unpaired) electrons. The highest BCUT2D eigenvalue weighted by Crippen LogP contribution is 2.44. The molecule has 1 N–H and O–H groups in total. The molecule has 1 aliphatic heterocycles. The van der Waals surface area contributed by atoms with Crippen LogP contribution in [0.3, 0.4) is 0 Å². The first-order valence-electron chi connectivity index (χ1n) is 5.86. The lowest BCUT2D eigenvalue weighted by Crippen LogP contribution is -2.40. The van der Waals surface area contributed by atoms with Crippen LogP contribution in [0, 0.1) is 17.0 Å². The molecule has 0 atom stereocenters. The Hall–Kier alpha value is -1.29. The Labute approximate surface area is 98.0 Å². The molecule has 0 amide bonds. The number of halogens is 2. The van der Waals surface area contributed by atoms with Gasteiger partial charge in [0.15, 0.2) is 5.78 Å². The lowest BCUT2D eigenvalue weighted by molar-refractivity contribution is 0.0758. The molecule has 2 aliphatic rings. The maximum Gasteiger partial charge on any atom is 0.172 e. The number of hydrogen-bond acceptors (Lipinski definition) is 2. The number of carbonyl (C=O) groups excluding carboxylic acids is 1. The van der Waals surface area contributed by atoms with Gasteiger partial charge in [0.1, 0.15) is 11.6 Å². The Kier molecular flexibility index (Phi) is 2.30. The van der Waals surface area contributed by atoms with Gasteiger partial charge in [0.25, 0.3) is 0 Å². The fourth-order valence-corrected chi connectivity index (χ4v) is 3.01. The minimum Gasteiger partial charge on any atom is -0.317 e. The molecule has 1 saturated heterocycles. The van der Waals surface area contributed by atoms with E-state index in [0.717, 1.165) is 25.2 Å². The first kappa shape index (κ1) is 10.8. The summed E-state index contributed by atoms with van der Waals surface area (Å²) >= 11 is 0. The van der Waals surface area contributed by atoms with E-state index >= 15 is 0 Å². The predicted octanol–water partition coefficient (Wildman–Crippen LogP) is 2.07. The van der Waals surface area contributed by atoms with Crippen molar-refractivity contribution < 1.29 is 13.6 Å². The minimum atomic E-state index is -0.582. The van der Waals surface area contributed by atoms with Gasteiger partial charge >= 0.3 is 0 Å². The third-order valence-corrected chi connectivity index (χ3v) is 3.99. The van der Waals surface area contributed by atoms with E-state index in [0.29, 0.717) is 19.3 Å². The summed E-state index contributed by atoms with van der Waals surface area (Å²) in [6, 6.07) is 2.16. The molecule has 0 aromatic heterocycles. The summed E-state index contributed by atoms with van der Waals surface area (Å²) in [5, 5.41) is 3.17. The van der Waals surface area contributed by atoms with Crippen LogP contribution in [-0.2, 0) is 6.42 Å².